The highest BCUT2D eigenvalue weighted by Crippen LogP contribution is 2.22. The molecule has 0 radical (unpaired) electrons. The molecule has 1 aromatic carbocycles. The fraction of sp³-hybridized carbons (Fsp3) is 0.0833. The number of aryl methyl sites for hydroxylation is 1. The van der Waals surface area contributed by atoms with E-state index in [0.29, 0.717) is 4.88 Å². The molecule has 2 rings (SSSR count). The molecule has 2 aromatic rings. The van der Waals surface area contributed by atoms with E-state index in [2.05, 4.69) is 5.32 Å². The molecule has 1 N–H and O–H groups in total. The maximum atomic E-state index is 13.3. The van der Waals surface area contributed by atoms with E-state index in [-0.39, 0.29) is 5.69 Å². The lowest BCUT2D eigenvalue weighted by Gasteiger charge is -2.05. The molecule has 1 heterocycles. The summed E-state index contributed by atoms with van der Waals surface area (Å²) in [6.07, 6.45) is 0. The van der Waals surface area contributed by atoms with Crippen LogP contribution in [0.2, 0.25) is 0 Å². The minimum Gasteiger partial charge on any atom is -0.319 e. The van der Waals surface area contributed by atoms with Crippen LogP contribution in [0.25, 0.3) is 0 Å². The van der Waals surface area contributed by atoms with Gasteiger partial charge in [0.05, 0.1) is 10.6 Å². The summed E-state index contributed by atoms with van der Waals surface area (Å²) in [5.41, 5.74) is -0.384. The predicted molar refractivity (Wildman–Crippen MR) is 63.3 cm³/mol. The molecular formula is C12H8F3NOS. The van der Waals surface area contributed by atoms with Crippen molar-refractivity contribution in [1.29, 1.82) is 0 Å². The van der Waals surface area contributed by atoms with E-state index in [1.165, 1.54) is 11.3 Å². The SMILES string of the molecule is Cc1ccc(C(=O)Nc2ccc(F)c(F)c2F)s1. The molecule has 6 heteroatoms. The molecule has 1 amide bonds. The smallest absolute Gasteiger partial charge is 0.265 e. The monoisotopic (exact) mass is 271 g/mol. The average Bonchev–Trinajstić information content (AvgIpc) is 2.77. The summed E-state index contributed by atoms with van der Waals surface area (Å²) in [4.78, 5) is 13.0. The Hall–Kier alpha value is -1.82. The molecule has 1 aromatic heterocycles. The highest BCUT2D eigenvalue weighted by molar-refractivity contribution is 7.14. The first-order chi connectivity index (χ1) is 8.49. The minimum absolute atomic E-state index is 0.372. The van der Waals surface area contributed by atoms with Gasteiger partial charge in [-0.3, -0.25) is 4.79 Å². The number of hydrogen-bond acceptors (Lipinski definition) is 2. The van der Waals surface area contributed by atoms with Crippen molar-refractivity contribution in [3.05, 3.63) is 51.5 Å². The molecule has 2 nitrogen and oxygen atoms in total. The third-order valence-corrected chi connectivity index (χ3v) is 3.25. The fourth-order valence-corrected chi connectivity index (χ4v) is 2.13. The molecule has 0 saturated carbocycles. The van der Waals surface area contributed by atoms with Crippen LogP contribution in [-0.4, -0.2) is 5.91 Å². The van der Waals surface area contributed by atoms with Crippen molar-refractivity contribution in [3.8, 4) is 0 Å². The van der Waals surface area contributed by atoms with Crippen molar-refractivity contribution < 1.29 is 18.0 Å². The summed E-state index contributed by atoms with van der Waals surface area (Å²) < 4.78 is 39.0. The second kappa shape index (κ2) is 4.81. The molecule has 94 valence electrons. The van der Waals surface area contributed by atoms with Crippen LogP contribution >= 0.6 is 11.3 Å². The van der Waals surface area contributed by atoms with Crippen molar-refractivity contribution in [2.75, 3.05) is 5.32 Å². The number of benzene rings is 1. The van der Waals surface area contributed by atoms with Gasteiger partial charge >= 0.3 is 0 Å². The number of carbonyl (C=O) groups is 1. The molecule has 0 spiro atoms. The van der Waals surface area contributed by atoms with Gasteiger partial charge in [0, 0.05) is 4.88 Å². The van der Waals surface area contributed by atoms with E-state index in [1.807, 2.05) is 6.92 Å². The third-order valence-electron chi connectivity index (χ3n) is 2.25. The fourth-order valence-electron chi connectivity index (χ4n) is 1.36. The second-order valence-corrected chi connectivity index (χ2v) is 4.88. The van der Waals surface area contributed by atoms with Gasteiger partial charge in [-0.25, -0.2) is 13.2 Å². The van der Waals surface area contributed by atoms with Crippen molar-refractivity contribution in [2.45, 2.75) is 6.92 Å². The van der Waals surface area contributed by atoms with E-state index in [1.54, 1.807) is 12.1 Å². The molecule has 0 aliphatic heterocycles. The molecule has 0 aliphatic rings. The minimum atomic E-state index is -1.60. The number of rotatable bonds is 2. The van der Waals surface area contributed by atoms with Gasteiger partial charge in [0.1, 0.15) is 0 Å². The summed E-state index contributed by atoms with van der Waals surface area (Å²) in [6.45, 7) is 1.82. The van der Waals surface area contributed by atoms with Crippen LogP contribution in [0.4, 0.5) is 18.9 Å². The van der Waals surface area contributed by atoms with Crippen molar-refractivity contribution in [3.63, 3.8) is 0 Å². The lowest BCUT2D eigenvalue weighted by Crippen LogP contribution is -2.12. The van der Waals surface area contributed by atoms with E-state index in [9.17, 15) is 18.0 Å². The Labute approximate surface area is 105 Å². The topological polar surface area (TPSA) is 29.1 Å². The van der Waals surface area contributed by atoms with Crippen molar-refractivity contribution in [1.82, 2.24) is 0 Å². The lowest BCUT2D eigenvalue weighted by molar-refractivity contribution is 0.103. The number of carbonyl (C=O) groups excluding carboxylic acids is 1. The number of nitrogens with one attached hydrogen (secondary N) is 1. The molecule has 0 saturated heterocycles. The zero-order chi connectivity index (χ0) is 13.3. The highest BCUT2D eigenvalue weighted by Gasteiger charge is 2.16. The largest absolute Gasteiger partial charge is 0.319 e. The average molecular weight is 271 g/mol. The van der Waals surface area contributed by atoms with Crippen LogP contribution in [0, 0.1) is 24.4 Å². The first-order valence-corrected chi connectivity index (χ1v) is 5.82. The van der Waals surface area contributed by atoms with Gasteiger partial charge in [0.25, 0.3) is 5.91 Å². The number of amides is 1. The zero-order valence-electron chi connectivity index (χ0n) is 9.26. The number of anilines is 1. The Morgan fingerprint density at radius 3 is 2.44 bits per heavy atom. The molecule has 0 aliphatic carbocycles. The van der Waals surface area contributed by atoms with E-state index < -0.39 is 23.4 Å². The normalized spacial score (nSPS) is 10.4. The Balaban J connectivity index is 2.25. The Kier molecular flexibility index (Phi) is 3.38. The van der Waals surface area contributed by atoms with Gasteiger partial charge in [-0.05, 0) is 31.2 Å². The number of halogens is 3. The molecule has 18 heavy (non-hydrogen) atoms. The van der Waals surface area contributed by atoms with Gasteiger partial charge < -0.3 is 5.32 Å². The maximum Gasteiger partial charge on any atom is 0.265 e. The Morgan fingerprint density at radius 2 is 1.83 bits per heavy atom. The van der Waals surface area contributed by atoms with Crippen LogP contribution in [0.5, 0.6) is 0 Å². The molecule has 0 atom stereocenters. The summed E-state index contributed by atoms with van der Waals surface area (Å²) in [7, 11) is 0. The summed E-state index contributed by atoms with van der Waals surface area (Å²) in [5.74, 6) is -4.86. The Bertz CT molecular complexity index is 609. The lowest BCUT2D eigenvalue weighted by atomic mass is 10.2. The number of thiophene rings is 1. The quantitative estimate of drug-likeness (QED) is 0.828. The highest BCUT2D eigenvalue weighted by atomic mass is 32.1. The van der Waals surface area contributed by atoms with Gasteiger partial charge in [0.15, 0.2) is 17.5 Å². The second-order valence-electron chi connectivity index (χ2n) is 3.59. The van der Waals surface area contributed by atoms with Crippen molar-refractivity contribution >= 4 is 22.9 Å². The third kappa shape index (κ3) is 2.38. The first kappa shape index (κ1) is 12.6. The standard InChI is InChI=1S/C12H8F3NOS/c1-6-2-5-9(18-6)12(17)16-8-4-3-7(13)10(14)11(8)15/h2-5H,1H3,(H,16,17). The van der Waals surface area contributed by atoms with Gasteiger partial charge in [-0.15, -0.1) is 11.3 Å². The van der Waals surface area contributed by atoms with Crippen molar-refractivity contribution in [2.24, 2.45) is 0 Å². The molecule has 0 bridgehead atoms. The molecule has 0 fully saturated rings. The van der Waals surface area contributed by atoms with Crippen LogP contribution in [0.1, 0.15) is 14.5 Å². The predicted octanol–water partition coefficient (Wildman–Crippen LogP) is 3.73. The first-order valence-electron chi connectivity index (χ1n) is 5.00. The maximum absolute atomic E-state index is 13.3. The Morgan fingerprint density at radius 1 is 1.11 bits per heavy atom. The van der Waals surface area contributed by atoms with Crippen LogP contribution in [0.15, 0.2) is 24.3 Å². The van der Waals surface area contributed by atoms with Crippen LogP contribution in [-0.2, 0) is 0 Å². The van der Waals surface area contributed by atoms with E-state index in [4.69, 9.17) is 0 Å². The van der Waals surface area contributed by atoms with Gasteiger partial charge in [-0.2, -0.15) is 0 Å². The van der Waals surface area contributed by atoms with E-state index in [0.717, 1.165) is 17.0 Å². The number of hydrogen-bond donors (Lipinski definition) is 1. The van der Waals surface area contributed by atoms with Crippen LogP contribution < -0.4 is 5.32 Å². The molecule has 0 unspecified atom stereocenters. The van der Waals surface area contributed by atoms with Gasteiger partial charge in [0.2, 0.25) is 0 Å². The zero-order valence-corrected chi connectivity index (χ0v) is 10.1. The summed E-state index contributed by atoms with van der Waals surface area (Å²) >= 11 is 1.23. The van der Waals surface area contributed by atoms with Crippen LogP contribution in [0.3, 0.4) is 0 Å². The summed E-state index contributed by atoms with van der Waals surface area (Å²) in [5, 5.41) is 2.20. The van der Waals surface area contributed by atoms with Gasteiger partial charge in [-0.1, -0.05) is 0 Å². The summed E-state index contributed by atoms with van der Waals surface area (Å²) in [6, 6.07) is 5.05. The van der Waals surface area contributed by atoms with E-state index >= 15 is 0 Å². The molecular weight excluding hydrogens is 263 g/mol.